The van der Waals surface area contributed by atoms with Crippen LogP contribution >= 0.6 is 0 Å². The second-order valence-electron chi connectivity index (χ2n) is 18.3. The van der Waals surface area contributed by atoms with Gasteiger partial charge in [-0.2, -0.15) is 0 Å². The van der Waals surface area contributed by atoms with Crippen molar-refractivity contribution in [2.45, 2.75) is 18.3 Å². The third-order valence-electron chi connectivity index (χ3n) is 14.6. The molecule has 0 N–H and O–H groups in total. The van der Waals surface area contributed by atoms with Gasteiger partial charge in [0.05, 0.1) is 22.1 Å². The minimum atomic E-state index is -0.533. The zero-order chi connectivity index (χ0) is 45.7. The van der Waals surface area contributed by atoms with Gasteiger partial charge >= 0.3 is 0 Å². The molecule has 0 aliphatic heterocycles. The number of fused-ring (bicyclic) bond motifs is 6. The predicted molar refractivity (Wildman–Crippen MR) is 290 cm³/mol. The van der Waals surface area contributed by atoms with Crippen LogP contribution < -0.4 is 4.90 Å². The van der Waals surface area contributed by atoms with Gasteiger partial charge in [-0.1, -0.05) is 206 Å². The molecule has 1 heterocycles. The zero-order valence-corrected chi connectivity index (χ0v) is 38.2. The van der Waals surface area contributed by atoms with Crippen molar-refractivity contribution in [3.63, 3.8) is 0 Å². The summed E-state index contributed by atoms with van der Waals surface area (Å²) in [5.74, 6) is 0. The molecule has 0 radical (unpaired) electrons. The van der Waals surface area contributed by atoms with Crippen LogP contribution in [0.1, 0.15) is 40.7 Å². The van der Waals surface area contributed by atoms with Gasteiger partial charge in [-0.25, -0.2) is 0 Å². The van der Waals surface area contributed by atoms with Crippen molar-refractivity contribution in [2.24, 2.45) is 0 Å². The van der Waals surface area contributed by atoms with Crippen molar-refractivity contribution in [2.75, 3.05) is 4.90 Å². The Kier molecular flexibility index (Phi) is 9.91. The zero-order valence-electron chi connectivity index (χ0n) is 38.2. The summed E-state index contributed by atoms with van der Waals surface area (Å²) < 4.78 is 2.40. The molecule has 2 heteroatoms. The highest BCUT2D eigenvalue weighted by Gasteiger charge is 2.46. The highest BCUT2D eigenvalue weighted by molar-refractivity contribution is 6.15. The Balaban J connectivity index is 1.04. The molecule has 0 unspecified atom stereocenters. The molecular formula is C67H48N2. The summed E-state index contributed by atoms with van der Waals surface area (Å²) in [4.78, 5) is 2.51. The first kappa shape index (κ1) is 40.5. The van der Waals surface area contributed by atoms with Gasteiger partial charge in [0, 0.05) is 33.4 Å². The lowest BCUT2D eigenvalue weighted by atomic mass is 9.67. The maximum atomic E-state index is 2.51. The minimum absolute atomic E-state index is 0.533. The van der Waals surface area contributed by atoms with E-state index in [4.69, 9.17) is 0 Å². The summed E-state index contributed by atoms with van der Waals surface area (Å²) in [6, 6.07) is 91.9. The SMILES string of the molecule is C1=CCCC(c2cc(-c3ccccc3)ccc2N(c2ccc(-c3cccc4c3c3ccccc3n4-c3ccccc3)cc2)c2ccc3c(c2)C(c2ccccc2)(c2ccccc2)c2ccccc2-3)=C1. The van der Waals surface area contributed by atoms with Crippen molar-refractivity contribution in [3.05, 3.63) is 295 Å². The summed E-state index contributed by atoms with van der Waals surface area (Å²) in [5.41, 5.74) is 21.4. The summed E-state index contributed by atoms with van der Waals surface area (Å²) in [6.45, 7) is 0. The number of hydrogen-bond donors (Lipinski definition) is 0. The fourth-order valence-corrected chi connectivity index (χ4v) is 11.5. The number of allylic oxidation sites excluding steroid dienone is 4. The Morgan fingerprint density at radius 2 is 1.01 bits per heavy atom. The number of hydrogen-bond acceptors (Lipinski definition) is 1. The van der Waals surface area contributed by atoms with Gasteiger partial charge in [0.2, 0.25) is 0 Å². The Morgan fingerprint density at radius 3 is 1.75 bits per heavy atom. The summed E-state index contributed by atoms with van der Waals surface area (Å²) in [5, 5.41) is 2.50. The van der Waals surface area contributed by atoms with E-state index in [2.05, 4.69) is 276 Å². The van der Waals surface area contributed by atoms with Crippen LogP contribution in [0, 0.1) is 0 Å². The van der Waals surface area contributed by atoms with Gasteiger partial charge in [-0.3, -0.25) is 0 Å². The number of nitrogens with zero attached hydrogens (tertiary/aromatic N) is 2. The van der Waals surface area contributed by atoms with Gasteiger partial charge in [0.15, 0.2) is 0 Å². The van der Waals surface area contributed by atoms with E-state index in [1.807, 2.05) is 0 Å². The van der Waals surface area contributed by atoms with E-state index in [0.717, 1.165) is 35.6 Å². The minimum Gasteiger partial charge on any atom is -0.310 e. The number of aromatic nitrogens is 1. The van der Waals surface area contributed by atoms with Gasteiger partial charge in [-0.15, -0.1) is 0 Å². The molecule has 2 aliphatic carbocycles. The number of rotatable bonds is 9. The van der Waals surface area contributed by atoms with Crippen LogP contribution in [0.25, 0.3) is 66.4 Å². The Labute approximate surface area is 404 Å². The number of benzene rings is 10. The molecule has 0 amide bonds. The first-order valence-electron chi connectivity index (χ1n) is 24.1. The normalized spacial score (nSPS) is 13.5. The first-order chi connectivity index (χ1) is 34.3. The lowest BCUT2D eigenvalue weighted by Gasteiger charge is -2.35. The molecule has 0 saturated carbocycles. The Bertz CT molecular complexity index is 3710. The van der Waals surface area contributed by atoms with Crippen LogP contribution in [0.4, 0.5) is 17.1 Å². The van der Waals surface area contributed by atoms with E-state index >= 15 is 0 Å². The van der Waals surface area contributed by atoms with Crippen LogP contribution in [-0.2, 0) is 5.41 Å². The quantitative estimate of drug-likeness (QED) is 0.140. The van der Waals surface area contributed by atoms with Crippen molar-refractivity contribution in [3.8, 4) is 39.1 Å². The van der Waals surface area contributed by atoms with Gasteiger partial charge in [0.25, 0.3) is 0 Å². The van der Waals surface area contributed by atoms with E-state index in [1.54, 1.807) is 0 Å². The lowest BCUT2D eigenvalue weighted by molar-refractivity contribution is 0.768. The maximum absolute atomic E-state index is 2.51. The predicted octanol–water partition coefficient (Wildman–Crippen LogP) is 17.7. The summed E-state index contributed by atoms with van der Waals surface area (Å²) >= 11 is 0. The summed E-state index contributed by atoms with van der Waals surface area (Å²) in [6.07, 6.45) is 8.81. The number of para-hydroxylation sites is 2. The van der Waals surface area contributed by atoms with E-state index < -0.39 is 5.41 Å². The Morgan fingerprint density at radius 1 is 0.406 bits per heavy atom. The fraction of sp³-hybridized carbons (Fsp3) is 0.0448. The van der Waals surface area contributed by atoms with Crippen molar-refractivity contribution < 1.29 is 0 Å². The molecule has 0 fully saturated rings. The molecule has 326 valence electrons. The lowest BCUT2D eigenvalue weighted by Crippen LogP contribution is -2.28. The number of anilines is 3. The molecule has 11 aromatic rings. The Hall–Kier alpha value is -8.72. The molecule has 0 saturated heterocycles. The average molecular weight is 881 g/mol. The topological polar surface area (TPSA) is 8.17 Å². The first-order valence-corrected chi connectivity index (χ1v) is 24.1. The molecule has 2 nitrogen and oxygen atoms in total. The third-order valence-corrected chi connectivity index (χ3v) is 14.6. The highest BCUT2D eigenvalue weighted by atomic mass is 15.1. The smallest absolute Gasteiger partial charge is 0.0714 e. The molecular weight excluding hydrogens is 833 g/mol. The molecule has 10 aromatic carbocycles. The highest BCUT2D eigenvalue weighted by Crippen LogP contribution is 2.57. The van der Waals surface area contributed by atoms with Crippen LogP contribution in [-0.4, -0.2) is 4.57 Å². The van der Waals surface area contributed by atoms with Crippen molar-refractivity contribution in [1.82, 2.24) is 4.57 Å². The van der Waals surface area contributed by atoms with Crippen LogP contribution in [0.3, 0.4) is 0 Å². The average Bonchev–Trinajstić information content (AvgIpc) is 3.93. The third kappa shape index (κ3) is 6.63. The molecule has 0 spiro atoms. The molecule has 0 bridgehead atoms. The fourth-order valence-electron chi connectivity index (χ4n) is 11.5. The van der Waals surface area contributed by atoms with Gasteiger partial charge in [-0.05, 0) is 135 Å². The summed E-state index contributed by atoms with van der Waals surface area (Å²) in [7, 11) is 0. The van der Waals surface area contributed by atoms with E-state index in [1.165, 1.54) is 88.6 Å². The van der Waals surface area contributed by atoms with Crippen LogP contribution in [0.15, 0.2) is 267 Å². The van der Waals surface area contributed by atoms with E-state index in [9.17, 15) is 0 Å². The van der Waals surface area contributed by atoms with Crippen molar-refractivity contribution in [1.29, 1.82) is 0 Å². The van der Waals surface area contributed by atoms with E-state index in [-0.39, 0.29) is 0 Å². The van der Waals surface area contributed by atoms with E-state index in [0.29, 0.717) is 0 Å². The van der Waals surface area contributed by atoms with Gasteiger partial charge < -0.3 is 9.47 Å². The van der Waals surface area contributed by atoms with Gasteiger partial charge in [0.1, 0.15) is 0 Å². The molecule has 13 rings (SSSR count). The standard InChI is InChI=1S/C67H48N2/c1-6-21-47(22-7-1)50-39-44-64(60(45-50)48-23-8-2-9-24-48)68(54-40-37-49(38-41-54)56-33-20-36-65-66(56)59-32-17-19-35-63(59)69(65)53-29-14-5-15-30-53)55-42-43-58-57-31-16-18-34-61(57)67(62(58)46-55,51-25-10-3-11-26-51)52-27-12-4-13-28-52/h1-8,10-23,25-46H,9,24H2. The van der Waals surface area contributed by atoms with Crippen LogP contribution in [0.2, 0.25) is 0 Å². The monoisotopic (exact) mass is 880 g/mol. The largest absolute Gasteiger partial charge is 0.310 e. The second-order valence-corrected chi connectivity index (χ2v) is 18.3. The molecule has 69 heavy (non-hydrogen) atoms. The second kappa shape index (κ2) is 16.9. The van der Waals surface area contributed by atoms with Crippen molar-refractivity contribution >= 4 is 44.4 Å². The molecule has 2 aliphatic rings. The molecule has 0 atom stereocenters. The maximum Gasteiger partial charge on any atom is 0.0714 e. The molecule has 1 aromatic heterocycles. The van der Waals surface area contributed by atoms with Crippen LogP contribution in [0.5, 0.6) is 0 Å².